The number of ether oxygens (including phenoxy) is 3. The smallest absolute Gasteiger partial charge is 0.313 e. The minimum Gasteiger partial charge on any atom is -0.461 e. The second-order valence-corrected chi connectivity index (χ2v) is 8.57. The third kappa shape index (κ3) is 2.84. The van der Waals surface area contributed by atoms with E-state index in [0.717, 1.165) is 37.7 Å². The molecule has 0 aromatic rings. The quantitative estimate of drug-likeness (QED) is 0.441. The number of carbonyl (C=O) groups is 1. The molecule has 0 aromatic carbocycles. The van der Waals surface area contributed by atoms with Gasteiger partial charge >= 0.3 is 5.97 Å². The highest BCUT2D eigenvalue weighted by atomic mass is 16.6. The summed E-state index contributed by atoms with van der Waals surface area (Å²) in [6.45, 7) is 11.1. The Morgan fingerprint density at radius 3 is 2.71 bits per heavy atom. The molecule has 132 valence electrons. The Kier molecular flexibility index (Phi) is 3.70. The molecule has 3 saturated heterocycles. The standard InChI is InChI=1S/C20H28O4/c1-12-5-7-16-20(4,24-16)10-9-14-13(11-22-18(21)17(12)14)6-8-15-19(2,3)23-15/h6,14-17H,1,5,7-11H2,2-4H3/b13-6-/t14-,15?,16-,17+,20+/m1/s1. The van der Waals surface area contributed by atoms with Crippen molar-refractivity contribution in [2.45, 2.75) is 76.3 Å². The Balaban J connectivity index is 1.55. The van der Waals surface area contributed by atoms with Gasteiger partial charge in [0.05, 0.1) is 29.3 Å². The summed E-state index contributed by atoms with van der Waals surface area (Å²) >= 11 is 0. The van der Waals surface area contributed by atoms with Gasteiger partial charge in [0.15, 0.2) is 0 Å². The lowest BCUT2D eigenvalue weighted by Gasteiger charge is -2.34. The topological polar surface area (TPSA) is 51.4 Å². The monoisotopic (exact) mass is 332 g/mol. The number of cyclic esters (lactones) is 1. The van der Waals surface area contributed by atoms with Gasteiger partial charge in [-0.05, 0) is 58.4 Å². The van der Waals surface area contributed by atoms with Gasteiger partial charge < -0.3 is 14.2 Å². The molecule has 3 aliphatic heterocycles. The Bertz CT molecular complexity index is 605. The summed E-state index contributed by atoms with van der Waals surface area (Å²) < 4.78 is 17.1. The maximum atomic E-state index is 12.4. The zero-order valence-corrected chi connectivity index (χ0v) is 15.0. The third-order valence-electron chi connectivity index (χ3n) is 6.43. The van der Waals surface area contributed by atoms with Crippen LogP contribution in [0.2, 0.25) is 0 Å². The molecule has 1 unspecified atom stereocenters. The van der Waals surface area contributed by atoms with Gasteiger partial charge in [0.1, 0.15) is 6.61 Å². The van der Waals surface area contributed by atoms with Crippen LogP contribution < -0.4 is 0 Å². The summed E-state index contributed by atoms with van der Waals surface area (Å²) in [7, 11) is 0. The molecule has 4 aliphatic rings. The summed E-state index contributed by atoms with van der Waals surface area (Å²) in [5.74, 6) is -0.0635. The maximum Gasteiger partial charge on any atom is 0.313 e. The largest absolute Gasteiger partial charge is 0.461 e. The van der Waals surface area contributed by atoms with Gasteiger partial charge in [0.2, 0.25) is 0 Å². The van der Waals surface area contributed by atoms with Gasteiger partial charge in [-0.15, -0.1) is 0 Å². The van der Waals surface area contributed by atoms with Crippen LogP contribution in [0, 0.1) is 11.8 Å². The van der Waals surface area contributed by atoms with Crippen molar-refractivity contribution >= 4 is 5.97 Å². The van der Waals surface area contributed by atoms with Crippen LogP contribution in [0.15, 0.2) is 23.8 Å². The number of carbonyl (C=O) groups excluding carboxylic acids is 1. The fourth-order valence-corrected chi connectivity index (χ4v) is 4.46. The minimum atomic E-state index is -0.181. The number of hydrogen-bond donors (Lipinski definition) is 0. The van der Waals surface area contributed by atoms with Gasteiger partial charge in [0.25, 0.3) is 0 Å². The van der Waals surface area contributed by atoms with Crippen LogP contribution >= 0.6 is 0 Å². The summed E-state index contributed by atoms with van der Waals surface area (Å²) in [5, 5.41) is 0. The number of fused-ring (bicyclic) bond motifs is 2. The summed E-state index contributed by atoms with van der Waals surface area (Å²) in [6.07, 6.45) is 7.55. The molecule has 0 aromatic heterocycles. The first-order chi connectivity index (χ1) is 11.3. The van der Waals surface area contributed by atoms with Crippen LogP contribution in [-0.4, -0.2) is 36.0 Å². The molecule has 1 aliphatic carbocycles. The van der Waals surface area contributed by atoms with E-state index in [1.54, 1.807) is 0 Å². The molecule has 5 atom stereocenters. The Morgan fingerprint density at radius 2 is 2.00 bits per heavy atom. The molecule has 3 heterocycles. The van der Waals surface area contributed by atoms with Gasteiger partial charge in [-0.1, -0.05) is 18.2 Å². The maximum absolute atomic E-state index is 12.4. The molecule has 4 rings (SSSR count). The predicted molar refractivity (Wildman–Crippen MR) is 90.5 cm³/mol. The first-order valence-corrected chi connectivity index (χ1v) is 9.19. The van der Waals surface area contributed by atoms with E-state index < -0.39 is 0 Å². The van der Waals surface area contributed by atoms with Crippen LogP contribution in [0.25, 0.3) is 0 Å². The number of rotatable bonds is 2. The summed E-state index contributed by atoms with van der Waals surface area (Å²) in [5.41, 5.74) is 2.25. The minimum absolute atomic E-state index is 0.00320. The van der Waals surface area contributed by atoms with Crippen molar-refractivity contribution in [3.8, 4) is 0 Å². The lowest BCUT2D eigenvalue weighted by molar-refractivity contribution is -0.151. The lowest BCUT2D eigenvalue weighted by atomic mass is 9.76. The van der Waals surface area contributed by atoms with Gasteiger partial charge in [-0.25, -0.2) is 0 Å². The average Bonchev–Trinajstić information content (AvgIpc) is 3.36. The molecule has 4 heteroatoms. The fraction of sp³-hybridized carbons (Fsp3) is 0.750. The second kappa shape index (κ2) is 5.43. The molecule has 4 fully saturated rings. The Morgan fingerprint density at radius 1 is 1.25 bits per heavy atom. The molecule has 0 N–H and O–H groups in total. The third-order valence-corrected chi connectivity index (χ3v) is 6.43. The van der Waals surface area contributed by atoms with Crippen molar-refractivity contribution in [3.63, 3.8) is 0 Å². The van der Waals surface area contributed by atoms with Gasteiger partial charge in [0, 0.05) is 5.92 Å². The molecular weight excluding hydrogens is 304 g/mol. The SMILES string of the molecule is C=C1CC[C@H]2O[C@@]2(C)CC[C@@H]2/C(=C\CC3OC3(C)C)COC(=O)[C@@H]12. The average molecular weight is 332 g/mol. The molecule has 24 heavy (non-hydrogen) atoms. The van der Waals surface area contributed by atoms with E-state index in [2.05, 4.69) is 33.4 Å². The van der Waals surface area contributed by atoms with Crippen LogP contribution in [-0.2, 0) is 19.0 Å². The second-order valence-electron chi connectivity index (χ2n) is 8.57. The number of epoxide rings is 2. The number of esters is 1. The molecule has 0 bridgehead atoms. The molecular formula is C20H28O4. The normalized spacial score (nSPS) is 45.4. The highest BCUT2D eigenvalue weighted by Gasteiger charge is 2.53. The lowest BCUT2D eigenvalue weighted by Crippen LogP contribution is -2.36. The van der Waals surface area contributed by atoms with E-state index in [1.807, 2.05) is 0 Å². The van der Waals surface area contributed by atoms with E-state index in [1.165, 1.54) is 5.57 Å². The number of hydrogen-bond acceptors (Lipinski definition) is 4. The highest BCUT2D eigenvalue weighted by Crippen LogP contribution is 2.49. The van der Waals surface area contributed by atoms with Crippen LogP contribution in [0.3, 0.4) is 0 Å². The van der Waals surface area contributed by atoms with Crippen LogP contribution in [0.4, 0.5) is 0 Å². The van der Waals surface area contributed by atoms with Crippen molar-refractivity contribution in [1.82, 2.24) is 0 Å². The Hall–Kier alpha value is -1.13. The van der Waals surface area contributed by atoms with E-state index in [-0.39, 0.29) is 35.1 Å². The van der Waals surface area contributed by atoms with E-state index >= 15 is 0 Å². The van der Waals surface area contributed by atoms with Crippen LogP contribution in [0.1, 0.15) is 52.9 Å². The zero-order valence-electron chi connectivity index (χ0n) is 15.0. The first-order valence-electron chi connectivity index (χ1n) is 9.19. The van der Waals surface area contributed by atoms with Crippen molar-refractivity contribution in [2.24, 2.45) is 11.8 Å². The fourth-order valence-electron chi connectivity index (χ4n) is 4.46. The van der Waals surface area contributed by atoms with Crippen molar-refractivity contribution < 1.29 is 19.0 Å². The van der Waals surface area contributed by atoms with Crippen molar-refractivity contribution in [2.75, 3.05) is 6.61 Å². The molecule has 4 nitrogen and oxygen atoms in total. The van der Waals surface area contributed by atoms with E-state index in [9.17, 15) is 4.79 Å². The first kappa shape index (κ1) is 16.3. The molecule has 0 amide bonds. The van der Waals surface area contributed by atoms with Crippen molar-refractivity contribution in [3.05, 3.63) is 23.8 Å². The highest BCUT2D eigenvalue weighted by molar-refractivity contribution is 5.78. The van der Waals surface area contributed by atoms with E-state index in [4.69, 9.17) is 14.2 Å². The summed E-state index contributed by atoms with van der Waals surface area (Å²) in [4.78, 5) is 12.4. The zero-order chi connectivity index (χ0) is 17.1. The molecule has 1 saturated carbocycles. The van der Waals surface area contributed by atoms with Gasteiger partial charge in [-0.2, -0.15) is 0 Å². The summed E-state index contributed by atoms with van der Waals surface area (Å²) in [6, 6.07) is 0. The van der Waals surface area contributed by atoms with Crippen molar-refractivity contribution in [1.29, 1.82) is 0 Å². The van der Waals surface area contributed by atoms with Crippen LogP contribution in [0.5, 0.6) is 0 Å². The van der Waals surface area contributed by atoms with Gasteiger partial charge in [-0.3, -0.25) is 4.79 Å². The Labute approximate surface area is 144 Å². The molecule has 0 radical (unpaired) electrons. The molecule has 0 spiro atoms. The van der Waals surface area contributed by atoms with E-state index in [0.29, 0.717) is 12.7 Å². The predicted octanol–water partition coefficient (Wildman–Crippen LogP) is 3.56.